The van der Waals surface area contributed by atoms with Crippen LogP contribution >= 0.6 is 0 Å². The fraction of sp³-hybridized carbons (Fsp3) is 0.294. The molecule has 0 fully saturated rings. The predicted molar refractivity (Wildman–Crippen MR) is 80.3 cm³/mol. The van der Waals surface area contributed by atoms with Crippen LogP contribution in [0.5, 0.6) is 11.5 Å². The van der Waals surface area contributed by atoms with Gasteiger partial charge in [0.05, 0.1) is 0 Å². The van der Waals surface area contributed by atoms with Gasteiger partial charge >= 0.3 is 0 Å². The molecule has 3 heteroatoms. The van der Waals surface area contributed by atoms with Crippen molar-refractivity contribution in [2.24, 2.45) is 0 Å². The molecule has 0 amide bonds. The normalized spacial score (nSPS) is 15.2. The van der Waals surface area contributed by atoms with Gasteiger partial charge < -0.3 is 14.8 Å². The number of fused-ring (bicyclic) bond motifs is 1. The third-order valence-electron chi connectivity index (χ3n) is 3.40. The number of hydrogen-bond donors (Lipinski definition) is 1. The van der Waals surface area contributed by atoms with E-state index in [0.717, 1.165) is 23.7 Å². The highest BCUT2D eigenvalue weighted by molar-refractivity contribution is 5.56. The molecule has 0 bridgehead atoms. The number of rotatable bonds is 3. The van der Waals surface area contributed by atoms with Gasteiger partial charge in [0.2, 0.25) is 5.79 Å². The van der Waals surface area contributed by atoms with Gasteiger partial charge in [-0.1, -0.05) is 24.3 Å². The molecule has 0 spiro atoms. The van der Waals surface area contributed by atoms with E-state index in [-0.39, 0.29) is 0 Å². The molecule has 0 saturated carbocycles. The first-order chi connectivity index (χ1) is 9.53. The predicted octanol–water partition coefficient (Wildman–Crippen LogP) is 4.11. The number of aryl methyl sites for hydroxylation is 1. The molecule has 3 rings (SSSR count). The molecule has 0 atom stereocenters. The molecule has 1 aliphatic rings. The van der Waals surface area contributed by atoms with Crippen LogP contribution in [0.15, 0.2) is 42.5 Å². The Hall–Kier alpha value is -2.16. The summed E-state index contributed by atoms with van der Waals surface area (Å²) < 4.78 is 11.4. The maximum Gasteiger partial charge on any atom is 0.246 e. The van der Waals surface area contributed by atoms with E-state index in [1.54, 1.807) is 0 Å². The first-order valence-electron chi connectivity index (χ1n) is 6.84. The Morgan fingerprint density at radius 1 is 1.00 bits per heavy atom. The molecular weight excluding hydrogens is 250 g/mol. The van der Waals surface area contributed by atoms with Crippen molar-refractivity contribution in [1.29, 1.82) is 0 Å². The van der Waals surface area contributed by atoms with Crippen LogP contribution in [0.3, 0.4) is 0 Å². The average Bonchev–Trinajstić information content (AvgIpc) is 2.71. The highest BCUT2D eigenvalue weighted by Crippen LogP contribution is 2.40. The van der Waals surface area contributed by atoms with E-state index in [1.165, 1.54) is 11.1 Å². The lowest BCUT2D eigenvalue weighted by molar-refractivity contribution is -0.0431. The van der Waals surface area contributed by atoms with E-state index in [4.69, 9.17) is 9.47 Å². The van der Waals surface area contributed by atoms with Gasteiger partial charge in [-0.2, -0.15) is 0 Å². The standard InChI is InChI=1S/C17H19NO2/c1-12-6-4-5-7-13(12)11-18-14-8-9-15-16(10-14)20-17(2,3)19-15/h4-10,18H,11H2,1-3H3. The Labute approximate surface area is 119 Å². The van der Waals surface area contributed by atoms with E-state index < -0.39 is 5.79 Å². The summed E-state index contributed by atoms with van der Waals surface area (Å²) in [6.45, 7) is 6.75. The van der Waals surface area contributed by atoms with Crippen LogP contribution in [-0.4, -0.2) is 5.79 Å². The molecule has 1 aliphatic heterocycles. The second kappa shape index (κ2) is 4.75. The molecule has 1 heterocycles. The molecule has 20 heavy (non-hydrogen) atoms. The van der Waals surface area contributed by atoms with Gasteiger partial charge in [0.15, 0.2) is 11.5 Å². The lowest BCUT2D eigenvalue weighted by Crippen LogP contribution is -2.29. The quantitative estimate of drug-likeness (QED) is 0.909. The monoisotopic (exact) mass is 269 g/mol. The van der Waals surface area contributed by atoms with E-state index in [9.17, 15) is 0 Å². The molecular formula is C17H19NO2. The minimum Gasteiger partial charge on any atom is -0.449 e. The molecule has 0 saturated heterocycles. The van der Waals surface area contributed by atoms with E-state index >= 15 is 0 Å². The van der Waals surface area contributed by atoms with Gasteiger partial charge in [-0.3, -0.25) is 0 Å². The summed E-state index contributed by atoms with van der Waals surface area (Å²) >= 11 is 0. The fourth-order valence-corrected chi connectivity index (χ4v) is 2.34. The first kappa shape index (κ1) is 12.9. The zero-order valence-corrected chi connectivity index (χ0v) is 12.1. The molecule has 0 radical (unpaired) electrons. The zero-order valence-electron chi connectivity index (χ0n) is 12.1. The van der Waals surface area contributed by atoms with Crippen LogP contribution in [-0.2, 0) is 6.54 Å². The van der Waals surface area contributed by atoms with Gasteiger partial charge in [0.1, 0.15) is 0 Å². The highest BCUT2D eigenvalue weighted by Gasteiger charge is 2.31. The van der Waals surface area contributed by atoms with Crippen molar-refractivity contribution in [3.8, 4) is 11.5 Å². The molecule has 104 valence electrons. The van der Waals surface area contributed by atoms with E-state index in [1.807, 2.05) is 32.0 Å². The molecule has 1 N–H and O–H groups in total. The van der Waals surface area contributed by atoms with Crippen LogP contribution in [0.25, 0.3) is 0 Å². The summed E-state index contributed by atoms with van der Waals surface area (Å²) in [5.41, 5.74) is 3.63. The third kappa shape index (κ3) is 2.57. The van der Waals surface area contributed by atoms with Crippen molar-refractivity contribution in [2.75, 3.05) is 5.32 Å². The maximum atomic E-state index is 5.75. The molecule has 2 aromatic rings. The molecule has 0 aliphatic carbocycles. The Bertz CT molecular complexity index is 635. The Morgan fingerprint density at radius 3 is 2.55 bits per heavy atom. The first-order valence-corrected chi connectivity index (χ1v) is 6.84. The number of anilines is 1. The average molecular weight is 269 g/mol. The van der Waals surface area contributed by atoms with Gasteiger partial charge in [-0.25, -0.2) is 0 Å². The second-order valence-corrected chi connectivity index (χ2v) is 5.55. The summed E-state index contributed by atoms with van der Waals surface area (Å²) in [7, 11) is 0. The maximum absolute atomic E-state index is 5.75. The van der Waals surface area contributed by atoms with Crippen molar-refractivity contribution in [3.05, 3.63) is 53.6 Å². The van der Waals surface area contributed by atoms with Gasteiger partial charge in [-0.05, 0) is 30.2 Å². The zero-order chi connectivity index (χ0) is 14.2. The number of hydrogen-bond acceptors (Lipinski definition) is 3. The molecule has 0 aromatic heterocycles. The minimum absolute atomic E-state index is 0.572. The number of nitrogens with one attached hydrogen (secondary N) is 1. The summed E-state index contributed by atoms with van der Waals surface area (Å²) in [5, 5.41) is 3.42. The SMILES string of the molecule is Cc1ccccc1CNc1ccc2c(c1)OC(C)(C)O2. The lowest BCUT2D eigenvalue weighted by Gasteiger charge is -2.16. The van der Waals surface area contributed by atoms with Crippen molar-refractivity contribution < 1.29 is 9.47 Å². The smallest absolute Gasteiger partial charge is 0.246 e. The van der Waals surface area contributed by atoms with Crippen LogP contribution in [0, 0.1) is 6.92 Å². The van der Waals surface area contributed by atoms with Gasteiger partial charge in [0, 0.05) is 32.1 Å². The summed E-state index contributed by atoms with van der Waals surface area (Å²) in [4.78, 5) is 0. The van der Waals surface area contributed by atoms with Crippen LogP contribution in [0.1, 0.15) is 25.0 Å². The van der Waals surface area contributed by atoms with Crippen LogP contribution < -0.4 is 14.8 Å². The lowest BCUT2D eigenvalue weighted by atomic mass is 10.1. The van der Waals surface area contributed by atoms with Gasteiger partial charge in [-0.15, -0.1) is 0 Å². The minimum atomic E-state index is -0.572. The number of ether oxygens (including phenoxy) is 2. The largest absolute Gasteiger partial charge is 0.449 e. The third-order valence-corrected chi connectivity index (χ3v) is 3.40. The van der Waals surface area contributed by atoms with E-state index in [0.29, 0.717) is 0 Å². The highest BCUT2D eigenvalue weighted by atomic mass is 16.7. The summed E-state index contributed by atoms with van der Waals surface area (Å²) in [5.74, 6) is 1.03. The topological polar surface area (TPSA) is 30.5 Å². The Balaban J connectivity index is 1.73. The fourth-order valence-electron chi connectivity index (χ4n) is 2.34. The van der Waals surface area contributed by atoms with Crippen molar-refractivity contribution in [1.82, 2.24) is 0 Å². The van der Waals surface area contributed by atoms with Crippen molar-refractivity contribution in [2.45, 2.75) is 33.1 Å². The van der Waals surface area contributed by atoms with E-state index in [2.05, 4.69) is 36.5 Å². The second-order valence-electron chi connectivity index (χ2n) is 5.55. The van der Waals surface area contributed by atoms with Crippen LogP contribution in [0.4, 0.5) is 5.69 Å². The summed E-state index contributed by atoms with van der Waals surface area (Å²) in [6, 6.07) is 14.3. The summed E-state index contributed by atoms with van der Waals surface area (Å²) in [6.07, 6.45) is 0. The number of benzene rings is 2. The Morgan fingerprint density at radius 2 is 1.75 bits per heavy atom. The molecule has 0 unspecified atom stereocenters. The van der Waals surface area contributed by atoms with Crippen molar-refractivity contribution >= 4 is 5.69 Å². The van der Waals surface area contributed by atoms with Crippen LogP contribution in [0.2, 0.25) is 0 Å². The Kier molecular flexibility index (Phi) is 3.05. The molecule has 3 nitrogen and oxygen atoms in total. The van der Waals surface area contributed by atoms with Crippen molar-refractivity contribution in [3.63, 3.8) is 0 Å². The van der Waals surface area contributed by atoms with Gasteiger partial charge in [0.25, 0.3) is 0 Å². The molecule has 2 aromatic carbocycles.